The maximum absolute atomic E-state index is 12.0. The van der Waals surface area contributed by atoms with E-state index in [1.165, 1.54) is 34.8 Å². The summed E-state index contributed by atoms with van der Waals surface area (Å²) < 4.78 is 4.65. The molecule has 0 spiro atoms. The van der Waals surface area contributed by atoms with Crippen LogP contribution in [0.4, 0.5) is 9.80 Å². The summed E-state index contributed by atoms with van der Waals surface area (Å²) >= 11 is 2.71. The van der Waals surface area contributed by atoms with Gasteiger partial charge < -0.3 is 10.1 Å². The molecule has 6 nitrogen and oxygen atoms in total. The molecule has 0 fully saturated rings. The number of thiophene rings is 2. The minimum absolute atomic E-state index is 0.167. The van der Waals surface area contributed by atoms with E-state index in [4.69, 9.17) is 0 Å². The van der Waals surface area contributed by atoms with Crippen LogP contribution in [0.3, 0.4) is 0 Å². The van der Waals surface area contributed by atoms with E-state index in [1.807, 2.05) is 17.5 Å². The van der Waals surface area contributed by atoms with Crippen LogP contribution in [0.15, 0.2) is 35.0 Å². The number of imide groups is 1. The van der Waals surface area contributed by atoms with Gasteiger partial charge in [-0.15, -0.1) is 22.7 Å². The number of alkyl carbamates (subject to hydrolysis) is 1. The van der Waals surface area contributed by atoms with E-state index >= 15 is 0 Å². The highest BCUT2D eigenvalue weighted by Gasteiger charge is 2.17. The van der Waals surface area contributed by atoms with Gasteiger partial charge in [0.15, 0.2) is 0 Å². The van der Waals surface area contributed by atoms with Gasteiger partial charge in [0.25, 0.3) is 5.91 Å². The first-order valence-corrected chi connectivity index (χ1v) is 8.44. The first-order chi connectivity index (χ1) is 11.1. The van der Waals surface area contributed by atoms with Crippen molar-refractivity contribution in [3.63, 3.8) is 0 Å². The Morgan fingerprint density at radius 3 is 2.74 bits per heavy atom. The molecule has 0 atom stereocenters. The Hall–Kier alpha value is -2.45. The molecule has 2 N–H and O–H groups in total. The van der Waals surface area contributed by atoms with Gasteiger partial charge in [-0.25, -0.2) is 4.79 Å². The van der Waals surface area contributed by atoms with Crippen molar-refractivity contribution < 1.29 is 19.1 Å². The molecule has 23 heavy (non-hydrogen) atoms. The van der Waals surface area contributed by atoms with Gasteiger partial charge >= 0.3 is 6.09 Å². The van der Waals surface area contributed by atoms with E-state index < -0.39 is 12.0 Å². The number of hydrogen-bond donors (Lipinski definition) is 2. The Morgan fingerprint density at radius 1 is 1.22 bits per heavy atom. The van der Waals surface area contributed by atoms with Crippen molar-refractivity contribution in [1.82, 2.24) is 5.32 Å². The van der Waals surface area contributed by atoms with Gasteiger partial charge in [0, 0.05) is 11.0 Å². The number of rotatable bonds is 5. The molecule has 2 rings (SSSR count). The Labute approximate surface area is 140 Å². The molecular formula is C15H14N2O4S2. The molecule has 2 aromatic heterocycles. The van der Waals surface area contributed by atoms with Crippen molar-refractivity contribution in [1.29, 1.82) is 0 Å². The molecule has 0 saturated carbocycles. The lowest BCUT2D eigenvalue weighted by Gasteiger charge is -2.05. The normalized spacial score (nSPS) is 10.5. The minimum Gasteiger partial charge on any atom is -0.450 e. The predicted molar refractivity (Wildman–Crippen MR) is 90.8 cm³/mol. The standard InChI is InChI=1S/C15H14N2O4S2/c1-2-21-15(20)17-13(19)11-7-9-23-14(11)16-12(18)6-5-10-4-3-8-22-10/h3-9H,2H2,1H3,(H,16,18)(H,17,19,20)/b6-5+. The number of anilines is 1. The summed E-state index contributed by atoms with van der Waals surface area (Å²) in [5, 5.41) is 8.64. The van der Waals surface area contributed by atoms with Crippen LogP contribution in [0.5, 0.6) is 0 Å². The fourth-order valence-corrected chi connectivity index (χ4v) is 3.02. The van der Waals surface area contributed by atoms with E-state index in [-0.39, 0.29) is 18.1 Å². The second-order valence-electron chi connectivity index (χ2n) is 4.18. The Bertz CT molecular complexity index is 720. The number of ether oxygens (including phenoxy) is 1. The maximum atomic E-state index is 12.0. The number of nitrogens with one attached hydrogen (secondary N) is 2. The molecule has 2 heterocycles. The summed E-state index contributed by atoms with van der Waals surface area (Å²) in [6, 6.07) is 5.30. The van der Waals surface area contributed by atoms with Crippen LogP contribution in [-0.4, -0.2) is 24.5 Å². The first-order valence-electron chi connectivity index (χ1n) is 6.68. The van der Waals surface area contributed by atoms with Crippen molar-refractivity contribution in [3.05, 3.63) is 45.5 Å². The van der Waals surface area contributed by atoms with Gasteiger partial charge in [0.2, 0.25) is 5.91 Å². The molecule has 3 amide bonds. The van der Waals surface area contributed by atoms with E-state index in [1.54, 1.807) is 18.4 Å². The summed E-state index contributed by atoms with van der Waals surface area (Å²) in [6.45, 7) is 1.81. The van der Waals surface area contributed by atoms with E-state index in [0.29, 0.717) is 5.00 Å². The lowest BCUT2D eigenvalue weighted by atomic mass is 10.3. The van der Waals surface area contributed by atoms with Gasteiger partial charge in [-0.3, -0.25) is 14.9 Å². The van der Waals surface area contributed by atoms with E-state index in [0.717, 1.165) is 4.88 Å². The van der Waals surface area contributed by atoms with Crippen LogP contribution in [0, 0.1) is 0 Å². The summed E-state index contributed by atoms with van der Waals surface area (Å²) in [7, 11) is 0. The van der Waals surface area contributed by atoms with Gasteiger partial charge in [-0.1, -0.05) is 6.07 Å². The minimum atomic E-state index is -0.821. The topological polar surface area (TPSA) is 84.5 Å². The molecule has 0 aliphatic carbocycles. The zero-order chi connectivity index (χ0) is 16.7. The van der Waals surface area contributed by atoms with Crippen molar-refractivity contribution >= 4 is 51.7 Å². The van der Waals surface area contributed by atoms with Crippen LogP contribution in [-0.2, 0) is 9.53 Å². The van der Waals surface area contributed by atoms with Crippen molar-refractivity contribution in [2.75, 3.05) is 11.9 Å². The number of hydrogen-bond acceptors (Lipinski definition) is 6. The van der Waals surface area contributed by atoms with Crippen molar-refractivity contribution in [3.8, 4) is 0 Å². The highest BCUT2D eigenvalue weighted by molar-refractivity contribution is 7.14. The summed E-state index contributed by atoms with van der Waals surface area (Å²) in [5.41, 5.74) is 0.209. The molecule has 120 valence electrons. The van der Waals surface area contributed by atoms with Crippen LogP contribution < -0.4 is 10.6 Å². The van der Waals surface area contributed by atoms with Crippen molar-refractivity contribution in [2.45, 2.75) is 6.92 Å². The quantitative estimate of drug-likeness (QED) is 0.810. The zero-order valence-corrected chi connectivity index (χ0v) is 13.8. The second-order valence-corrected chi connectivity index (χ2v) is 6.07. The molecule has 0 aliphatic heterocycles. The molecule has 2 aromatic rings. The maximum Gasteiger partial charge on any atom is 0.414 e. The molecule has 8 heteroatoms. The summed E-state index contributed by atoms with van der Waals surface area (Å²) in [4.78, 5) is 36.1. The molecule has 0 saturated heterocycles. The lowest BCUT2D eigenvalue weighted by molar-refractivity contribution is -0.111. The second kappa shape index (κ2) is 8.25. The van der Waals surface area contributed by atoms with Crippen LogP contribution in [0.25, 0.3) is 6.08 Å². The third-order valence-electron chi connectivity index (χ3n) is 2.58. The van der Waals surface area contributed by atoms with Gasteiger partial charge in [-0.2, -0.15) is 0 Å². The fourth-order valence-electron chi connectivity index (χ4n) is 1.61. The predicted octanol–water partition coefficient (Wildman–Crippen LogP) is 3.35. The Balaban J connectivity index is 1.99. The fraction of sp³-hybridized carbons (Fsp3) is 0.133. The SMILES string of the molecule is CCOC(=O)NC(=O)c1ccsc1NC(=O)/C=C/c1cccs1. The molecule has 0 unspecified atom stereocenters. The Kier molecular flexibility index (Phi) is 6.07. The van der Waals surface area contributed by atoms with E-state index in [9.17, 15) is 14.4 Å². The van der Waals surface area contributed by atoms with E-state index in [2.05, 4.69) is 15.4 Å². The van der Waals surface area contributed by atoms with Crippen LogP contribution in [0.1, 0.15) is 22.2 Å². The highest BCUT2D eigenvalue weighted by Crippen LogP contribution is 2.23. The lowest BCUT2D eigenvalue weighted by Crippen LogP contribution is -2.31. The monoisotopic (exact) mass is 350 g/mol. The largest absolute Gasteiger partial charge is 0.450 e. The van der Waals surface area contributed by atoms with Gasteiger partial charge in [0.05, 0.1) is 12.2 Å². The molecule has 0 bridgehead atoms. The third kappa shape index (κ3) is 5.04. The van der Waals surface area contributed by atoms with Crippen molar-refractivity contribution in [2.24, 2.45) is 0 Å². The number of carbonyl (C=O) groups is 3. The smallest absolute Gasteiger partial charge is 0.414 e. The number of amides is 3. The van der Waals surface area contributed by atoms with Crippen LogP contribution >= 0.6 is 22.7 Å². The summed E-state index contributed by atoms with van der Waals surface area (Å²) in [5.74, 6) is -0.978. The molecule has 0 aliphatic rings. The highest BCUT2D eigenvalue weighted by atomic mass is 32.1. The first kappa shape index (κ1) is 16.9. The summed E-state index contributed by atoms with van der Waals surface area (Å²) in [6.07, 6.45) is 2.25. The third-order valence-corrected chi connectivity index (χ3v) is 4.25. The molecule has 0 radical (unpaired) electrons. The molecular weight excluding hydrogens is 336 g/mol. The zero-order valence-electron chi connectivity index (χ0n) is 12.2. The van der Waals surface area contributed by atoms with Gasteiger partial charge in [-0.05, 0) is 35.9 Å². The Morgan fingerprint density at radius 2 is 2.04 bits per heavy atom. The average molecular weight is 350 g/mol. The van der Waals surface area contributed by atoms with Crippen LogP contribution in [0.2, 0.25) is 0 Å². The average Bonchev–Trinajstić information content (AvgIpc) is 3.16. The molecule has 0 aromatic carbocycles. The van der Waals surface area contributed by atoms with Gasteiger partial charge in [0.1, 0.15) is 5.00 Å². The number of carbonyl (C=O) groups excluding carboxylic acids is 3.